The molecule has 0 bridgehead atoms. The summed E-state index contributed by atoms with van der Waals surface area (Å²) >= 11 is 0. The van der Waals surface area contributed by atoms with Crippen LogP contribution in [0.25, 0.3) is 10.9 Å². The first-order valence-electron chi connectivity index (χ1n) is 7.41. The van der Waals surface area contributed by atoms with E-state index in [1.807, 2.05) is 6.92 Å². The fourth-order valence-electron chi connectivity index (χ4n) is 2.33. The zero-order valence-corrected chi connectivity index (χ0v) is 13.1. The van der Waals surface area contributed by atoms with Crippen molar-refractivity contribution >= 4 is 10.9 Å². The summed E-state index contributed by atoms with van der Waals surface area (Å²) in [4.78, 5) is 0. The van der Waals surface area contributed by atoms with E-state index in [-0.39, 0.29) is 5.54 Å². The standard InChI is InChI=1S/C17H26N2O/c1-5-20-11-10-19-15(13-18-17(2,3)4)12-14-8-6-7-9-16(14)19/h6-9,12,18H,5,10-11,13H2,1-4H3. The normalized spacial score (nSPS) is 12.2. The van der Waals surface area contributed by atoms with Crippen molar-refractivity contribution in [2.75, 3.05) is 13.2 Å². The SMILES string of the molecule is CCOCCn1c(CNC(C)(C)C)cc2ccccc21. The van der Waals surface area contributed by atoms with Gasteiger partial charge in [0.25, 0.3) is 0 Å². The lowest BCUT2D eigenvalue weighted by Gasteiger charge is -2.21. The van der Waals surface area contributed by atoms with Crippen LogP contribution in [0.5, 0.6) is 0 Å². The predicted octanol–water partition coefficient (Wildman–Crippen LogP) is 3.57. The minimum atomic E-state index is 0.126. The highest BCUT2D eigenvalue weighted by atomic mass is 16.5. The summed E-state index contributed by atoms with van der Waals surface area (Å²) in [6.07, 6.45) is 0. The van der Waals surface area contributed by atoms with Crippen LogP contribution in [0.1, 0.15) is 33.4 Å². The van der Waals surface area contributed by atoms with Gasteiger partial charge in [-0.2, -0.15) is 0 Å². The van der Waals surface area contributed by atoms with E-state index >= 15 is 0 Å². The average Bonchev–Trinajstić information content (AvgIpc) is 2.74. The number of para-hydroxylation sites is 1. The van der Waals surface area contributed by atoms with E-state index in [4.69, 9.17) is 4.74 Å². The van der Waals surface area contributed by atoms with E-state index in [9.17, 15) is 0 Å². The van der Waals surface area contributed by atoms with Gasteiger partial charge in [0.1, 0.15) is 0 Å². The van der Waals surface area contributed by atoms with E-state index < -0.39 is 0 Å². The molecule has 0 aliphatic heterocycles. The summed E-state index contributed by atoms with van der Waals surface area (Å²) in [7, 11) is 0. The molecule has 0 radical (unpaired) electrons. The number of hydrogen-bond donors (Lipinski definition) is 1. The number of fused-ring (bicyclic) bond motifs is 1. The van der Waals surface area contributed by atoms with Crippen molar-refractivity contribution in [2.24, 2.45) is 0 Å². The molecule has 3 nitrogen and oxygen atoms in total. The van der Waals surface area contributed by atoms with Gasteiger partial charge in [0, 0.05) is 36.4 Å². The Hall–Kier alpha value is -1.32. The Kier molecular flexibility index (Phi) is 4.84. The molecule has 0 fully saturated rings. The molecule has 20 heavy (non-hydrogen) atoms. The summed E-state index contributed by atoms with van der Waals surface area (Å²) < 4.78 is 7.88. The number of hydrogen-bond acceptors (Lipinski definition) is 2. The van der Waals surface area contributed by atoms with Gasteiger partial charge in [0.05, 0.1) is 6.61 Å². The van der Waals surface area contributed by atoms with Crippen LogP contribution in [0.3, 0.4) is 0 Å². The van der Waals surface area contributed by atoms with E-state index in [1.54, 1.807) is 0 Å². The maximum absolute atomic E-state index is 5.51. The molecule has 2 aromatic rings. The van der Waals surface area contributed by atoms with Crippen LogP contribution in [0.15, 0.2) is 30.3 Å². The van der Waals surface area contributed by atoms with E-state index in [0.717, 1.165) is 26.3 Å². The van der Waals surface area contributed by atoms with Crippen molar-refractivity contribution in [1.82, 2.24) is 9.88 Å². The lowest BCUT2D eigenvalue weighted by Crippen LogP contribution is -2.35. The van der Waals surface area contributed by atoms with Gasteiger partial charge in [-0.1, -0.05) is 18.2 Å². The lowest BCUT2D eigenvalue weighted by atomic mass is 10.1. The molecular formula is C17H26N2O. The van der Waals surface area contributed by atoms with Crippen molar-refractivity contribution in [1.29, 1.82) is 0 Å². The lowest BCUT2D eigenvalue weighted by molar-refractivity contribution is 0.139. The number of rotatable bonds is 6. The zero-order valence-electron chi connectivity index (χ0n) is 13.1. The van der Waals surface area contributed by atoms with Gasteiger partial charge >= 0.3 is 0 Å². The van der Waals surface area contributed by atoms with Gasteiger partial charge < -0.3 is 14.6 Å². The predicted molar refractivity (Wildman–Crippen MR) is 85.0 cm³/mol. The van der Waals surface area contributed by atoms with Crippen LogP contribution in [0.4, 0.5) is 0 Å². The molecule has 1 aromatic carbocycles. The minimum Gasteiger partial charge on any atom is -0.380 e. The fraction of sp³-hybridized carbons (Fsp3) is 0.529. The van der Waals surface area contributed by atoms with Crippen molar-refractivity contribution in [3.8, 4) is 0 Å². The van der Waals surface area contributed by atoms with Gasteiger partial charge in [-0.3, -0.25) is 0 Å². The Morgan fingerprint density at radius 1 is 1.20 bits per heavy atom. The third kappa shape index (κ3) is 3.84. The molecule has 0 aliphatic carbocycles. The molecule has 1 N–H and O–H groups in total. The highest BCUT2D eigenvalue weighted by Gasteiger charge is 2.12. The summed E-state index contributed by atoms with van der Waals surface area (Å²) in [5.74, 6) is 0. The van der Waals surface area contributed by atoms with Gasteiger partial charge in [-0.25, -0.2) is 0 Å². The van der Waals surface area contributed by atoms with Crippen molar-refractivity contribution < 1.29 is 4.74 Å². The fourth-order valence-corrected chi connectivity index (χ4v) is 2.33. The maximum atomic E-state index is 5.51. The molecule has 0 aliphatic rings. The quantitative estimate of drug-likeness (QED) is 0.815. The Balaban J connectivity index is 2.24. The molecule has 0 amide bonds. The number of ether oxygens (including phenoxy) is 1. The van der Waals surface area contributed by atoms with Crippen LogP contribution >= 0.6 is 0 Å². The number of benzene rings is 1. The highest BCUT2D eigenvalue weighted by molar-refractivity contribution is 5.81. The van der Waals surface area contributed by atoms with Gasteiger partial charge in [0.15, 0.2) is 0 Å². The highest BCUT2D eigenvalue weighted by Crippen LogP contribution is 2.20. The average molecular weight is 274 g/mol. The van der Waals surface area contributed by atoms with E-state index in [0.29, 0.717) is 0 Å². The third-order valence-electron chi connectivity index (χ3n) is 3.36. The second-order valence-corrected chi connectivity index (χ2v) is 6.15. The number of aromatic nitrogens is 1. The molecule has 1 aromatic heterocycles. The first-order chi connectivity index (χ1) is 9.51. The summed E-state index contributed by atoms with van der Waals surface area (Å²) in [5.41, 5.74) is 2.74. The van der Waals surface area contributed by atoms with Crippen LogP contribution in [-0.2, 0) is 17.8 Å². The topological polar surface area (TPSA) is 26.2 Å². The van der Waals surface area contributed by atoms with Crippen molar-refractivity contribution in [2.45, 2.75) is 46.3 Å². The first-order valence-corrected chi connectivity index (χ1v) is 7.41. The number of nitrogens with zero attached hydrogens (tertiary/aromatic N) is 1. The summed E-state index contributed by atoms with van der Waals surface area (Å²) in [6.45, 7) is 11.9. The Bertz CT molecular complexity index is 552. The maximum Gasteiger partial charge on any atom is 0.0645 e. The second-order valence-electron chi connectivity index (χ2n) is 6.15. The smallest absolute Gasteiger partial charge is 0.0645 e. The van der Waals surface area contributed by atoms with Gasteiger partial charge in [-0.05, 0) is 45.2 Å². The van der Waals surface area contributed by atoms with Gasteiger partial charge in [0.2, 0.25) is 0 Å². The molecule has 0 atom stereocenters. The molecule has 3 heteroatoms. The van der Waals surface area contributed by atoms with Crippen molar-refractivity contribution in [3.63, 3.8) is 0 Å². The van der Waals surface area contributed by atoms with Crippen LogP contribution < -0.4 is 5.32 Å². The molecule has 1 heterocycles. The minimum absolute atomic E-state index is 0.126. The van der Waals surface area contributed by atoms with Crippen LogP contribution in [-0.4, -0.2) is 23.3 Å². The summed E-state index contributed by atoms with van der Waals surface area (Å²) in [6, 6.07) is 10.8. The Morgan fingerprint density at radius 2 is 1.95 bits per heavy atom. The van der Waals surface area contributed by atoms with E-state index in [2.05, 4.69) is 61.0 Å². The molecular weight excluding hydrogens is 248 g/mol. The summed E-state index contributed by atoms with van der Waals surface area (Å²) in [5, 5.41) is 4.87. The molecule has 2 rings (SSSR count). The zero-order chi connectivity index (χ0) is 14.6. The van der Waals surface area contributed by atoms with Gasteiger partial charge in [-0.15, -0.1) is 0 Å². The Morgan fingerprint density at radius 3 is 2.65 bits per heavy atom. The largest absolute Gasteiger partial charge is 0.380 e. The van der Waals surface area contributed by atoms with Crippen LogP contribution in [0.2, 0.25) is 0 Å². The molecule has 0 saturated heterocycles. The molecule has 0 spiro atoms. The third-order valence-corrected chi connectivity index (χ3v) is 3.36. The first kappa shape index (κ1) is 15.1. The Labute approximate surface area is 121 Å². The second kappa shape index (κ2) is 6.42. The monoisotopic (exact) mass is 274 g/mol. The van der Waals surface area contributed by atoms with Crippen LogP contribution in [0, 0.1) is 0 Å². The number of nitrogens with one attached hydrogen (secondary N) is 1. The molecule has 0 unspecified atom stereocenters. The van der Waals surface area contributed by atoms with Crippen molar-refractivity contribution in [3.05, 3.63) is 36.0 Å². The molecule has 0 saturated carbocycles. The van der Waals surface area contributed by atoms with E-state index in [1.165, 1.54) is 16.6 Å². The molecule has 110 valence electrons.